The van der Waals surface area contributed by atoms with Gasteiger partial charge in [-0.1, -0.05) is 0 Å². The van der Waals surface area contributed by atoms with Crippen LogP contribution in [0.25, 0.3) is 0 Å². The molecule has 2 aliphatic heterocycles. The summed E-state index contributed by atoms with van der Waals surface area (Å²) in [4.78, 5) is 12.1. The molecule has 2 aromatic rings. The van der Waals surface area contributed by atoms with Crippen LogP contribution in [-0.4, -0.2) is 57.4 Å². The van der Waals surface area contributed by atoms with Gasteiger partial charge in [-0.05, 0) is 0 Å². The Morgan fingerprint density at radius 1 is 1.32 bits per heavy atom. The number of hydrogen-bond donors (Lipinski definition) is 1. The Balaban J connectivity index is 1.67. The first kappa shape index (κ1) is 16.5. The number of halogens is 1. The molecule has 4 rings (SSSR count). The Labute approximate surface area is 149 Å². The molecule has 0 aliphatic carbocycles. The molecule has 0 radical (unpaired) electrons. The number of nitrogens with two attached hydrogens (primary N) is 1. The van der Waals surface area contributed by atoms with E-state index in [1.165, 1.54) is 13.4 Å². The zero-order valence-electron chi connectivity index (χ0n) is 13.4. The minimum absolute atomic E-state index is 0.125. The van der Waals surface area contributed by atoms with Gasteiger partial charge in [0.25, 0.3) is 0 Å². The van der Waals surface area contributed by atoms with Crippen molar-refractivity contribution >= 4 is 25.2 Å². The summed E-state index contributed by atoms with van der Waals surface area (Å²) in [5.74, 6) is 0.286. The second-order valence-electron chi connectivity index (χ2n) is 5.67. The van der Waals surface area contributed by atoms with Crippen LogP contribution in [0.4, 0.5) is 10.2 Å². The van der Waals surface area contributed by atoms with Crippen LogP contribution in [0.5, 0.6) is 0 Å². The van der Waals surface area contributed by atoms with Gasteiger partial charge in [-0.25, -0.2) is 0 Å². The number of benzene rings is 1. The second kappa shape index (κ2) is 6.76. The summed E-state index contributed by atoms with van der Waals surface area (Å²) in [5, 5.41) is 0.490. The first-order valence-electron chi connectivity index (χ1n) is 7.77. The minimum atomic E-state index is -1.22. The number of nitrogen functional groups attached to an aromatic ring is 1. The molecule has 7 nitrogen and oxygen atoms in total. The van der Waals surface area contributed by atoms with Gasteiger partial charge in [0.05, 0.1) is 0 Å². The van der Waals surface area contributed by atoms with Crippen LogP contribution >= 0.6 is 0 Å². The third kappa shape index (κ3) is 2.93. The molecule has 0 spiro atoms. The standard InChI is InChI=1S/C16H16FN5O2Se/c1-23-16-12(25-9-5-3-2-4-6-9)10(17)15(24-16)22-8-21-11-13(18)19-7-20-14(11)22/h2-7,10,12,15-16,18H,8H2,1H3/p+1/t10-,12-,15+,16-/m0/s1. The summed E-state index contributed by atoms with van der Waals surface area (Å²) in [6.45, 7) is 0.241. The van der Waals surface area contributed by atoms with Crippen LogP contribution < -0.4 is 25.6 Å². The molecule has 130 valence electrons. The Bertz CT molecular complexity index is 897. The van der Waals surface area contributed by atoms with Gasteiger partial charge in [-0.2, -0.15) is 0 Å². The van der Waals surface area contributed by atoms with Gasteiger partial charge in [0.15, 0.2) is 0 Å². The molecular weight excluding hydrogens is 392 g/mol. The molecule has 1 aromatic heterocycles. The van der Waals surface area contributed by atoms with E-state index in [1.807, 2.05) is 30.3 Å². The van der Waals surface area contributed by atoms with E-state index in [4.69, 9.17) is 15.2 Å². The molecule has 25 heavy (non-hydrogen) atoms. The van der Waals surface area contributed by atoms with Gasteiger partial charge in [-0.3, -0.25) is 0 Å². The van der Waals surface area contributed by atoms with Crippen molar-refractivity contribution in [2.75, 3.05) is 19.5 Å². The predicted molar refractivity (Wildman–Crippen MR) is 89.5 cm³/mol. The number of anilines is 1. The molecule has 0 saturated carbocycles. The van der Waals surface area contributed by atoms with E-state index in [-0.39, 0.29) is 32.3 Å². The van der Waals surface area contributed by atoms with Crippen LogP contribution in [0, 0.1) is 0 Å². The molecule has 2 aliphatic rings. The van der Waals surface area contributed by atoms with Crippen LogP contribution in [0.1, 0.15) is 0 Å². The molecule has 0 bridgehead atoms. The first-order valence-corrected chi connectivity index (χ1v) is 9.62. The van der Waals surface area contributed by atoms with Gasteiger partial charge in [0, 0.05) is 0 Å². The number of rotatable bonds is 4. The van der Waals surface area contributed by atoms with Crippen molar-refractivity contribution in [1.29, 1.82) is 0 Å². The predicted octanol–water partition coefficient (Wildman–Crippen LogP) is -1.37. The number of hydrogen-bond acceptors (Lipinski definition) is 6. The molecule has 1 saturated heterocycles. The second-order valence-corrected chi connectivity index (χ2v) is 8.30. The average molecular weight is 409 g/mol. The Morgan fingerprint density at radius 2 is 2.12 bits per heavy atom. The van der Waals surface area contributed by atoms with E-state index in [9.17, 15) is 0 Å². The molecule has 4 atom stereocenters. The van der Waals surface area contributed by atoms with Gasteiger partial charge >= 0.3 is 149 Å². The fourth-order valence-electron chi connectivity index (χ4n) is 2.97. The van der Waals surface area contributed by atoms with E-state index in [2.05, 4.69) is 15.0 Å². The van der Waals surface area contributed by atoms with Gasteiger partial charge in [0.2, 0.25) is 0 Å². The average Bonchev–Trinajstić information content (AvgIpc) is 3.19. The van der Waals surface area contributed by atoms with Crippen LogP contribution in [0.2, 0.25) is 4.82 Å². The maximum atomic E-state index is 15.3. The van der Waals surface area contributed by atoms with Crippen molar-refractivity contribution in [3.8, 4) is 0 Å². The van der Waals surface area contributed by atoms with E-state index in [0.717, 1.165) is 4.46 Å². The van der Waals surface area contributed by atoms with E-state index in [1.54, 1.807) is 4.58 Å². The van der Waals surface area contributed by atoms with Crippen molar-refractivity contribution < 1.29 is 13.9 Å². The van der Waals surface area contributed by atoms with Crippen molar-refractivity contribution in [1.82, 2.24) is 14.5 Å². The summed E-state index contributed by atoms with van der Waals surface area (Å²) in [6.07, 6.45) is -1.28. The Morgan fingerprint density at radius 3 is 2.88 bits per heavy atom. The number of alkyl halides is 1. The summed E-state index contributed by atoms with van der Waals surface area (Å²) in [5.41, 5.74) is 6.33. The summed E-state index contributed by atoms with van der Waals surface area (Å²) in [6, 6.07) is 9.85. The number of methoxy groups -OCH3 is 1. The fourth-order valence-corrected chi connectivity index (χ4v) is 5.45. The van der Waals surface area contributed by atoms with E-state index >= 15 is 4.39 Å². The third-order valence-corrected chi connectivity index (χ3v) is 6.89. The number of aromatic nitrogens is 2. The number of nitrogens with zero attached hydrogens (tertiary/aromatic N) is 4. The van der Waals surface area contributed by atoms with Gasteiger partial charge in [0.1, 0.15) is 0 Å². The van der Waals surface area contributed by atoms with Crippen molar-refractivity contribution in [3.05, 3.63) is 47.5 Å². The SMILES string of the molecule is CO[C@H]1O[C@@H]([N+]2=c3ncnc(N)c3=NC2)[C@@H](F)[C@@H]1[Se]c1ccccc1. The Hall–Kier alpha value is -1.93. The molecule has 1 fully saturated rings. The fraction of sp³-hybridized carbons (Fsp3) is 0.375. The van der Waals surface area contributed by atoms with Crippen molar-refractivity contribution in [3.63, 3.8) is 0 Å². The zero-order valence-corrected chi connectivity index (χ0v) is 15.2. The normalized spacial score (nSPS) is 28.0. The first-order chi connectivity index (χ1) is 12.2. The maximum absolute atomic E-state index is 15.3. The molecule has 9 heteroatoms. The molecule has 1 aromatic carbocycles. The van der Waals surface area contributed by atoms with E-state index in [0.29, 0.717) is 10.8 Å². The zero-order chi connectivity index (χ0) is 17.4. The van der Waals surface area contributed by atoms with E-state index < -0.39 is 18.7 Å². The quantitative estimate of drug-likeness (QED) is 0.498. The summed E-state index contributed by atoms with van der Waals surface area (Å²) >= 11 is -0.125. The molecule has 0 amide bonds. The van der Waals surface area contributed by atoms with Crippen molar-refractivity contribution in [2.45, 2.75) is 23.5 Å². The molecule has 3 heterocycles. The summed E-state index contributed by atoms with van der Waals surface area (Å²) < 4.78 is 29.3. The summed E-state index contributed by atoms with van der Waals surface area (Å²) in [7, 11) is 1.54. The topological polar surface area (TPSA) is 85.6 Å². The third-order valence-electron chi connectivity index (χ3n) is 4.17. The molecule has 0 unspecified atom stereocenters. The molecular formula is C16H17FN5O2Se+. The van der Waals surface area contributed by atoms with Gasteiger partial charge in [-0.15, -0.1) is 0 Å². The van der Waals surface area contributed by atoms with Crippen molar-refractivity contribution in [2.24, 2.45) is 4.99 Å². The molecule has 2 N–H and O–H groups in total. The van der Waals surface area contributed by atoms with Crippen LogP contribution in [-0.2, 0) is 9.47 Å². The van der Waals surface area contributed by atoms with Crippen LogP contribution in [0.15, 0.2) is 41.7 Å². The Kier molecular flexibility index (Phi) is 4.47. The van der Waals surface area contributed by atoms with Crippen LogP contribution in [0.3, 0.4) is 0 Å². The monoisotopic (exact) mass is 410 g/mol. The number of ether oxygens (including phenoxy) is 2. The van der Waals surface area contributed by atoms with Gasteiger partial charge < -0.3 is 0 Å². The number of fused-ring (bicyclic) bond motifs is 1.